The van der Waals surface area contributed by atoms with Crippen LogP contribution >= 0.6 is 0 Å². The van der Waals surface area contributed by atoms with Crippen molar-refractivity contribution in [2.75, 3.05) is 13.2 Å². The molecule has 1 atom stereocenters. The van der Waals surface area contributed by atoms with Crippen LogP contribution in [0.2, 0.25) is 0 Å². The molecule has 1 unspecified atom stereocenters. The minimum atomic E-state index is -0.765. The van der Waals surface area contributed by atoms with Gasteiger partial charge in [-0.15, -0.1) is 0 Å². The molecule has 0 aliphatic heterocycles. The quantitative estimate of drug-likeness (QED) is 0.0268. The zero-order valence-corrected chi connectivity index (χ0v) is 35.6. The fourth-order valence-electron chi connectivity index (χ4n) is 6.72. The maximum Gasteiger partial charge on any atom is 0.306 e. The molecule has 6 nitrogen and oxygen atoms in total. The molecule has 53 heavy (non-hydrogen) atoms. The largest absolute Gasteiger partial charge is 0.462 e. The van der Waals surface area contributed by atoms with Gasteiger partial charge in [0.2, 0.25) is 0 Å². The molecule has 6 heteroatoms. The van der Waals surface area contributed by atoms with E-state index >= 15 is 0 Å². The summed E-state index contributed by atoms with van der Waals surface area (Å²) in [6.45, 7) is 6.59. The van der Waals surface area contributed by atoms with Crippen molar-refractivity contribution in [2.45, 2.75) is 258 Å². The molecule has 0 rings (SSSR count). The van der Waals surface area contributed by atoms with Gasteiger partial charge in [-0.1, -0.05) is 206 Å². The molecule has 0 aromatic carbocycles. The fourth-order valence-corrected chi connectivity index (χ4v) is 6.72. The number of carbonyl (C=O) groups is 3. The number of hydrogen-bond donors (Lipinski definition) is 0. The highest BCUT2D eigenvalue weighted by Gasteiger charge is 2.19. The highest BCUT2D eigenvalue weighted by molar-refractivity contribution is 5.71. The lowest BCUT2D eigenvalue weighted by Gasteiger charge is -2.18. The van der Waals surface area contributed by atoms with Gasteiger partial charge in [0.1, 0.15) is 13.2 Å². The second-order valence-corrected chi connectivity index (χ2v) is 15.7. The molecule has 0 aromatic heterocycles. The zero-order valence-electron chi connectivity index (χ0n) is 35.6. The Balaban J connectivity index is 4.30. The van der Waals surface area contributed by atoms with Crippen LogP contribution in [-0.2, 0) is 28.6 Å². The third-order valence-corrected chi connectivity index (χ3v) is 10.3. The number of unbranched alkanes of at least 4 members (excludes halogenated alkanes) is 29. The first-order valence-corrected chi connectivity index (χ1v) is 23.2. The predicted molar refractivity (Wildman–Crippen MR) is 224 cm³/mol. The molecular weight excluding hydrogens is 661 g/mol. The molecular formula is C47H88O6. The Bertz CT molecular complexity index is 824. The summed E-state index contributed by atoms with van der Waals surface area (Å²) >= 11 is 0. The Morgan fingerprint density at radius 1 is 0.358 bits per heavy atom. The van der Waals surface area contributed by atoms with Gasteiger partial charge in [0, 0.05) is 19.3 Å². The van der Waals surface area contributed by atoms with Crippen LogP contribution in [0, 0.1) is 0 Å². The third kappa shape index (κ3) is 41.2. The van der Waals surface area contributed by atoms with E-state index in [4.69, 9.17) is 14.2 Å². The van der Waals surface area contributed by atoms with Crippen molar-refractivity contribution in [3.05, 3.63) is 12.2 Å². The van der Waals surface area contributed by atoms with Crippen molar-refractivity contribution >= 4 is 17.9 Å². The summed E-state index contributed by atoms with van der Waals surface area (Å²) in [5.74, 6) is -0.873. The summed E-state index contributed by atoms with van der Waals surface area (Å²) in [7, 11) is 0. The van der Waals surface area contributed by atoms with Crippen molar-refractivity contribution < 1.29 is 28.6 Å². The highest BCUT2D eigenvalue weighted by atomic mass is 16.6. The lowest BCUT2D eigenvalue weighted by atomic mass is 10.0. The Kier molecular flexibility index (Phi) is 41.4. The lowest BCUT2D eigenvalue weighted by molar-refractivity contribution is -0.167. The van der Waals surface area contributed by atoms with Crippen molar-refractivity contribution in [1.29, 1.82) is 0 Å². The second kappa shape index (κ2) is 42.9. The number of rotatable bonds is 42. The monoisotopic (exact) mass is 749 g/mol. The van der Waals surface area contributed by atoms with Crippen LogP contribution in [0.5, 0.6) is 0 Å². The van der Waals surface area contributed by atoms with Crippen molar-refractivity contribution in [1.82, 2.24) is 0 Å². The fraction of sp³-hybridized carbons (Fsp3) is 0.894. The summed E-state index contributed by atoms with van der Waals surface area (Å²) in [6.07, 6.45) is 44.8. The van der Waals surface area contributed by atoms with Crippen LogP contribution in [0.3, 0.4) is 0 Å². The molecule has 0 radical (unpaired) electrons. The average molecular weight is 749 g/mol. The van der Waals surface area contributed by atoms with Crippen molar-refractivity contribution in [3.63, 3.8) is 0 Å². The Hall–Kier alpha value is -1.85. The van der Waals surface area contributed by atoms with Crippen LogP contribution < -0.4 is 0 Å². The van der Waals surface area contributed by atoms with Gasteiger partial charge in [0.25, 0.3) is 0 Å². The summed E-state index contributed by atoms with van der Waals surface area (Å²) < 4.78 is 16.7. The number of esters is 3. The first-order valence-electron chi connectivity index (χ1n) is 23.2. The number of ether oxygens (including phenoxy) is 3. The predicted octanol–water partition coefficient (Wildman–Crippen LogP) is 14.6. The van der Waals surface area contributed by atoms with Gasteiger partial charge >= 0.3 is 17.9 Å². The van der Waals surface area contributed by atoms with E-state index in [0.717, 1.165) is 64.2 Å². The van der Waals surface area contributed by atoms with Gasteiger partial charge in [-0.05, 0) is 38.5 Å². The van der Waals surface area contributed by atoms with Crippen LogP contribution in [0.4, 0.5) is 0 Å². The van der Waals surface area contributed by atoms with Crippen LogP contribution in [0.15, 0.2) is 12.2 Å². The van der Waals surface area contributed by atoms with E-state index in [1.807, 2.05) is 0 Å². The Morgan fingerprint density at radius 2 is 0.642 bits per heavy atom. The Labute approximate surface area is 329 Å². The first kappa shape index (κ1) is 51.1. The molecule has 0 N–H and O–H groups in total. The van der Waals surface area contributed by atoms with Gasteiger partial charge in [-0.3, -0.25) is 14.4 Å². The average Bonchev–Trinajstić information content (AvgIpc) is 3.15. The van der Waals surface area contributed by atoms with Crippen molar-refractivity contribution in [3.8, 4) is 0 Å². The van der Waals surface area contributed by atoms with Crippen molar-refractivity contribution in [2.24, 2.45) is 0 Å². The highest BCUT2D eigenvalue weighted by Crippen LogP contribution is 2.15. The second-order valence-electron chi connectivity index (χ2n) is 15.7. The first-order chi connectivity index (χ1) is 26.0. The van der Waals surface area contributed by atoms with E-state index in [2.05, 4.69) is 32.9 Å². The van der Waals surface area contributed by atoms with Crippen LogP contribution in [-0.4, -0.2) is 37.2 Å². The number of hydrogen-bond acceptors (Lipinski definition) is 6. The topological polar surface area (TPSA) is 78.9 Å². The molecule has 0 heterocycles. The summed E-state index contributed by atoms with van der Waals surface area (Å²) in [6, 6.07) is 0. The maximum absolute atomic E-state index is 12.7. The molecule has 0 amide bonds. The van der Waals surface area contributed by atoms with E-state index < -0.39 is 6.10 Å². The standard InChI is InChI=1S/C47H88O6/c1-4-7-10-13-16-19-21-22-23-24-26-28-31-34-37-40-46(49)52-43-44(42-51-45(48)39-36-33-30-27-18-15-12-9-6-3)53-47(50)41-38-35-32-29-25-20-17-14-11-8-5-2/h14,17,44H,4-13,15-16,18-43H2,1-3H3/b17-14-. The zero-order chi connectivity index (χ0) is 38.7. The smallest absolute Gasteiger partial charge is 0.306 e. The molecule has 0 bridgehead atoms. The van der Waals surface area contributed by atoms with E-state index in [9.17, 15) is 14.4 Å². The molecule has 0 fully saturated rings. The summed E-state index contributed by atoms with van der Waals surface area (Å²) in [5, 5.41) is 0. The van der Waals surface area contributed by atoms with E-state index in [0.29, 0.717) is 19.3 Å². The molecule has 0 aliphatic carbocycles. The van der Waals surface area contributed by atoms with Gasteiger partial charge in [0.15, 0.2) is 6.10 Å². The minimum Gasteiger partial charge on any atom is -0.462 e. The van der Waals surface area contributed by atoms with Crippen LogP contribution in [0.1, 0.15) is 252 Å². The van der Waals surface area contributed by atoms with E-state index in [1.54, 1.807) is 0 Å². The van der Waals surface area contributed by atoms with Gasteiger partial charge < -0.3 is 14.2 Å². The maximum atomic E-state index is 12.7. The molecule has 0 saturated heterocycles. The molecule has 0 aromatic rings. The minimum absolute atomic E-state index is 0.0690. The molecule has 0 saturated carbocycles. The lowest BCUT2D eigenvalue weighted by Crippen LogP contribution is -2.30. The molecule has 312 valence electrons. The molecule has 0 spiro atoms. The van der Waals surface area contributed by atoms with E-state index in [1.165, 1.54) is 148 Å². The van der Waals surface area contributed by atoms with Gasteiger partial charge in [-0.2, -0.15) is 0 Å². The Morgan fingerprint density at radius 3 is 1.00 bits per heavy atom. The summed E-state index contributed by atoms with van der Waals surface area (Å²) in [4.78, 5) is 37.6. The SMILES string of the molecule is CCCC/C=C\CCCCCCCC(=O)OC(COC(=O)CCCCCCCCCCC)COC(=O)CCCCCCCCCCCCCCCCC. The van der Waals surface area contributed by atoms with Gasteiger partial charge in [0.05, 0.1) is 0 Å². The summed E-state index contributed by atoms with van der Waals surface area (Å²) in [5.41, 5.74) is 0. The number of allylic oxidation sites excluding steroid dienone is 2. The van der Waals surface area contributed by atoms with E-state index in [-0.39, 0.29) is 31.1 Å². The normalized spacial score (nSPS) is 12.0. The van der Waals surface area contributed by atoms with Crippen LogP contribution in [0.25, 0.3) is 0 Å². The third-order valence-electron chi connectivity index (χ3n) is 10.3. The molecule has 0 aliphatic rings. The number of carbonyl (C=O) groups excluding carboxylic acids is 3. The van der Waals surface area contributed by atoms with Gasteiger partial charge in [-0.25, -0.2) is 0 Å².